The van der Waals surface area contributed by atoms with Crippen LogP contribution < -0.4 is 10.4 Å². The van der Waals surface area contributed by atoms with E-state index in [0.717, 1.165) is 0 Å². The van der Waals surface area contributed by atoms with Crippen LogP contribution in [0.25, 0.3) is 0 Å². The van der Waals surface area contributed by atoms with Gasteiger partial charge in [0.05, 0.1) is 0 Å². The van der Waals surface area contributed by atoms with Gasteiger partial charge in [-0.05, 0) is 0 Å². The number of rotatable bonds is 2. The van der Waals surface area contributed by atoms with Crippen LogP contribution in [0.15, 0.2) is 0 Å². The van der Waals surface area contributed by atoms with E-state index >= 15 is 0 Å². The van der Waals surface area contributed by atoms with Crippen LogP contribution in [-0.4, -0.2) is 4.89 Å². The summed E-state index contributed by atoms with van der Waals surface area (Å²) in [5.74, 6) is 0. The summed E-state index contributed by atoms with van der Waals surface area (Å²) in [5, 5.41) is 0. The van der Waals surface area contributed by atoms with Crippen LogP contribution in [0.2, 0.25) is 0 Å². The van der Waals surface area contributed by atoms with Gasteiger partial charge in [-0.3, -0.25) is 4.57 Å². The first-order valence-corrected chi connectivity index (χ1v) is 4.36. The zero-order valence-corrected chi connectivity index (χ0v) is 5.43. The van der Waals surface area contributed by atoms with E-state index in [0.29, 0.717) is 0 Å². The molecule has 1 unspecified atom stereocenters. The molecule has 0 aliphatic rings. The van der Waals surface area contributed by atoms with Gasteiger partial charge >= 0.3 is 15.5 Å². The van der Waals surface area contributed by atoms with E-state index in [2.05, 4.69) is 5.50 Å². The highest BCUT2D eigenvalue weighted by atomic mass is 31.2. The molecule has 0 aromatic rings. The Balaban J connectivity index is 3.94. The maximum absolute atomic E-state index is 9.86. The Morgan fingerprint density at radius 3 is 2.00 bits per heavy atom. The summed E-state index contributed by atoms with van der Waals surface area (Å²) in [7, 11) is -7.14. The summed E-state index contributed by atoms with van der Waals surface area (Å²) in [6, 6.07) is 0. The molecule has 1 atom stereocenters. The molecular formula is H4N2O4P2. The lowest BCUT2D eigenvalue weighted by atomic mass is 13.8. The average molecular weight is 158 g/mol. The number of nitrogens with one attached hydrogen (secondary N) is 1. The van der Waals surface area contributed by atoms with Gasteiger partial charge < -0.3 is 4.89 Å². The quantitative estimate of drug-likeness (QED) is 0.477. The van der Waals surface area contributed by atoms with Crippen LogP contribution in [-0.2, 0) is 13.7 Å². The van der Waals surface area contributed by atoms with Crippen molar-refractivity contribution in [2.75, 3.05) is 0 Å². The average Bonchev–Trinajstić information content (AvgIpc) is 1.21. The highest BCUT2D eigenvalue weighted by molar-refractivity contribution is 7.61. The first kappa shape index (κ1) is 8.01. The highest BCUT2D eigenvalue weighted by Crippen LogP contribution is 2.27. The fourth-order valence-corrected chi connectivity index (χ4v) is 1.05. The fraction of sp³-hybridized carbons (Fsp3) is 0. The van der Waals surface area contributed by atoms with E-state index in [9.17, 15) is 13.7 Å². The molecule has 0 aliphatic carbocycles. The predicted octanol–water partition coefficient (Wildman–Crippen LogP) is -0.277. The van der Waals surface area contributed by atoms with Crippen LogP contribution in [0.3, 0.4) is 0 Å². The van der Waals surface area contributed by atoms with Crippen LogP contribution >= 0.6 is 15.5 Å². The van der Waals surface area contributed by atoms with E-state index in [-0.39, 0.29) is 0 Å². The van der Waals surface area contributed by atoms with E-state index in [1.807, 2.05) is 0 Å². The van der Waals surface area contributed by atoms with Crippen LogP contribution in [0, 0.1) is 0 Å². The summed E-state index contributed by atoms with van der Waals surface area (Å²) < 4.78 is 28.9. The third-order valence-electron chi connectivity index (χ3n) is 0.225. The first-order chi connectivity index (χ1) is 3.42. The van der Waals surface area contributed by atoms with Crippen LogP contribution in [0.4, 0.5) is 0 Å². The van der Waals surface area contributed by atoms with Crippen molar-refractivity contribution in [3.63, 3.8) is 0 Å². The van der Waals surface area contributed by atoms with Gasteiger partial charge in [-0.2, -0.15) is 0 Å². The second kappa shape index (κ2) is 2.53. The molecule has 0 aliphatic heterocycles. The minimum Gasteiger partial charge on any atom is -0.321 e. The van der Waals surface area contributed by atoms with Gasteiger partial charge in [-0.15, -0.1) is 4.86 Å². The van der Waals surface area contributed by atoms with E-state index < -0.39 is 15.5 Å². The van der Waals surface area contributed by atoms with Crippen LogP contribution in [0.5, 0.6) is 0 Å². The van der Waals surface area contributed by atoms with E-state index in [1.54, 1.807) is 0 Å². The van der Waals surface area contributed by atoms with Crippen molar-refractivity contribution < 1.29 is 18.6 Å². The second-order valence-corrected chi connectivity index (χ2v) is 3.54. The summed E-state index contributed by atoms with van der Waals surface area (Å²) in [5.41, 5.74) is 4.35. The fourth-order valence-electron chi connectivity index (χ4n) is 0.117. The maximum Gasteiger partial charge on any atom is 0.404 e. The van der Waals surface area contributed by atoms with Crippen molar-refractivity contribution in [2.45, 2.75) is 0 Å². The Morgan fingerprint density at radius 2 is 2.00 bits per heavy atom. The van der Waals surface area contributed by atoms with Crippen molar-refractivity contribution in [2.24, 2.45) is 5.50 Å². The molecule has 0 spiro atoms. The topological polar surface area (TPSA) is 109 Å². The Hall–Kier alpha value is 0.01000. The smallest absolute Gasteiger partial charge is 0.321 e. The molecule has 0 saturated carbocycles. The van der Waals surface area contributed by atoms with Crippen molar-refractivity contribution in [3.8, 4) is 0 Å². The molecule has 0 fully saturated rings. The Bertz CT molecular complexity index is 166. The molecule has 0 bridgehead atoms. The van der Waals surface area contributed by atoms with Gasteiger partial charge in [0.1, 0.15) is 0 Å². The molecule has 4 N–H and O–H groups in total. The van der Waals surface area contributed by atoms with Crippen LogP contribution in [0.1, 0.15) is 0 Å². The number of nitrogens with two attached hydrogens (primary N) is 1. The highest BCUT2D eigenvalue weighted by Gasteiger charge is 2.10. The van der Waals surface area contributed by atoms with Crippen molar-refractivity contribution >= 4 is 15.5 Å². The maximum atomic E-state index is 9.86. The van der Waals surface area contributed by atoms with Gasteiger partial charge in [0.15, 0.2) is 0 Å². The molecule has 48 valence electrons. The van der Waals surface area contributed by atoms with Gasteiger partial charge in [-0.1, -0.05) is 0 Å². The van der Waals surface area contributed by atoms with Gasteiger partial charge in [0.25, 0.3) is 0 Å². The summed E-state index contributed by atoms with van der Waals surface area (Å²) in [6.45, 7) is 0. The van der Waals surface area contributed by atoms with Gasteiger partial charge in [-0.25, -0.2) is 14.6 Å². The number of hydrogen-bond acceptors (Lipinski definition) is 3. The minimum absolute atomic E-state index is 1.22. The summed E-state index contributed by atoms with van der Waals surface area (Å²) >= 11 is 0. The van der Waals surface area contributed by atoms with Gasteiger partial charge in [0, 0.05) is 0 Å². The molecular weight excluding hydrogens is 154 g/mol. The lowest BCUT2D eigenvalue weighted by molar-refractivity contribution is 0.469. The van der Waals surface area contributed by atoms with Crippen molar-refractivity contribution in [3.05, 3.63) is 0 Å². The summed E-state index contributed by atoms with van der Waals surface area (Å²) in [6.07, 6.45) is 0. The zero-order chi connectivity index (χ0) is 6.78. The monoisotopic (exact) mass is 158 g/mol. The molecule has 0 rings (SSSR count). The standard InChI is InChI=1S/H4N2O4P2/c1-8(5,6)2-7(3)4/h(H4,1,2,3,4,5,6). The molecule has 0 amide bonds. The lowest BCUT2D eigenvalue weighted by Gasteiger charge is -1.94. The molecule has 0 saturated heterocycles. The van der Waals surface area contributed by atoms with Gasteiger partial charge in [0.2, 0.25) is 0 Å². The molecule has 0 aromatic carbocycles. The lowest BCUT2D eigenvalue weighted by Crippen LogP contribution is -2.04. The zero-order valence-electron chi connectivity index (χ0n) is 3.64. The normalized spacial score (nSPS) is 17.2. The third kappa shape index (κ3) is 6.01. The molecule has 8 heteroatoms. The summed E-state index contributed by atoms with van der Waals surface area (Å²) in [4.78, 5) is 9.25. The Kier molecular flexibility index (Phi) is 2.53. The third-order valence-corrected chi connectivity index (χ3v) is 2.02. The minimum atomic E-state index is -4.07. The molecule has 6 nitrogen and oxygen atoms in total. The number of hydrogen-bond donors (Lipinski definition) is 3. The Labute approximate surface area is 45.5 Å². The van der Waals surface area contributed by atoms with E-state index in [4.69, 9.17) is 4.89 Å². The first-order valence-electron chi connectivity index (χ1n) is 1.45. The molecule has 0 radical (unpaired) electrons. The van der Waals surface area contributed by atoms with Crippen molar-refractivity contribution in [1.82, 2.24) is 4.86 Å². The predicted molar refractivity (Wildman–Crippen MR) is 25.4 cm³/mol. The van der Waals surface area contributed by atoms with Crippen molar-refractivity contribution in [1.29, 1.82) is 0 Å². The molecule has 0 aromatic heterocycles. The Morgan fingerprint density at radius 1 is 1.62 bits per heavy atom. The molecule has 8 heavy (non-hydrogen) atoms. The second-order valence-electron chi connectivity index (χ2n) is 0.980. The van der Waals surface area contributed by atoms with E-state index in [1.165, 1.54) is 4.86 Å². The largest absolute Gasteiger partial charge is 0.404 e. The SMILES string of the molecule is NP(=O)(O)NP(=O)=O. The molecule has 0 heterocycles.